The molecular formula is C15H19NO2. The maximum atomic E-state index is 11.7. The Morgan fingerprint density at radius 2 is 1.89 bits per heavy atom. The van der Waals surface area contributed by atoms with E-state index in [0.717, 1.165) is 5.56 Å². The van der Waals surface area contributed by atoms with Crippen molar-refractivity contribution in [2.24, 2.45) is 0 Å². The van der Waals surface area contributed by atoms with Crippen LogP contribution in [-0.2, 0) is 10.4 Å². The van der Waals surface area contributed by atoms with Gasteiger partial charge in [-0.2, -0.15) is 0 Å². The molecule has 0 aliphatic carbocycles. The van der Waals surface area contributed by atoms with Gasteiger partial charge < -0.3 is 10.4 Å². The molecule has 3 nitrogen and oxygen atoms in total. The number of aliphatic hydroxyl groups is 1. The van der Waals surface area contributed by atoms with Crippen LogP contribution in [0.5, 0.6) is 0 Å². The molecular weight excluding hydrogens is 226 g/mol. The van der Waals surface area contributed by atoms with E-state index in [0.29, 0.717) is 11.3 Å². The molecule has 0 aliphatic heterocycles. The molecule has 0 bridgehead atoms. The summed E-state index contributed by atoms with van der Waals surface area (Å²) in [7, 11) is 0. The van der Waals surface area contributed by atoms with Crippen molar-refractivity contribution in [1.82, 2.24) is 0 Å². The van der Waals surface area contributed by atoms with Gasteiger partial charge in [-0.25, -0.2) is 0 Å². The van der Waals surface area contributed by atoms with Gasteiger partial charge in [0.25, 0.3) is 5.91 Å². The van der Waals surface area contributed by atoms with Crippen LogP contribution in [0.3, 0.4) is 0 Å². The fraction of sp³-hybridized carbons (Fsp3) is 0.267. The first-order valence-electron chi connectivity index (χ1n) is 5.78. The number of nitrogens with one attached hydrogen (secondary N) is 1. The lowest BCUT2D eigenvalue weighted by atomic mass is 9.98. The topological polar surface area (TPSA) is 49.3 Å². The highest BCUT2D eigenvalue weighted by Gasteiger charge is 2.15. The van der Waals surface area contributed by atoms with Crippen molar-refractivity contribution in [2.45, 2.75) is 26.4 Å². The number of anilines is 1. The van der Waals surface area contributed by atoms with Gasteiger partial charge in [0.1, 0.15) is 0 Å². The van der Waals surface area contributed by atoms with Crippen LogP contribution in [0.15, 0.2) is 48.6 Å². The van der Waals surface area contributed by atoms with Gasteiger partial charge in [0.15, 0.2) is 0 Å². The second-order valence-electron chi connectivity index (χ2n) is 4.68. The lowest BCUT2D eigenvalue weighted by molar-refractivity contribution is -0.112. The summed E-state index contributed by atoms with van der Waals surface area (Å²) in [5.41, 5.74) is 1.22. The maximum absolute atomic E-state index is 11.7. The van der Waals surface area contributed by atoms with E-state index < -0.39 is 5.60 Å². The molecule has 1 rings (SSSR count). The number of benzene rings is 1. The molecule has 0 saturated heterocycles. The molecule has 1 amide bonds. The van der Waals surface area contributed by atoms with Gasteiger partial charge in [0, 0.05) is 11.3 Å². The smallest absolute Gasteiger partial charge is 0.251 e. The maximum Gasteiger partial charge on any atom is 0.251 e. The number of hydrogen-bond acceptors (Lipinski definition) is 2. The highest BCUT2D eigenvalue weighted by atomic mass is 16.3. The molecule has 0 heterocycles. The molecule has 0 spiro atoms. The highest BCUT2D eigenvalue weighted by Crippen LogP contribution is 2.21. The Balaban J connectivity index is 2.79. The zero-order valence-corrected chi connectivity index (χ0v) is 11.0. The summed E-state index contributed by atoms with van der Waals surface area (Å²) in [5, 5.41) is 12.6. The second-order valence-corrected chi connectivity index (χ2v) is 4.68. The first-order valence-corrected chi connectivity index (χ1v) is 5.78. The van der Waals surface area contributed by atoms with E-state index >= 15 is 0 Å². The van der Waals surface area contributed by atoms with Gasteiger partial charge in [-0.15, -0.1) is 0 Å². The van der Waals surface area contributed by atoms with Gasteiger partial charge >= 0.3 is 0 Å². The summed E-state index contributed by atoms with van der Waals surface area (Å²) in [6, 6.07) is 7.13. The Hall–Kier alpha value is -1.87. The molecule has 0 unspecified atom stereocenters. The van der Waals surface area contributed by atoms with E-state index in [4.69, 9.17) is 0 Å². The summed E-state index contributed by atoms with van der Waals surface area (Å²) in [6.07, 6.45) is 3.23. The number of amides is 1. The Labute approximate surface area is 108 Å². The molecule has 2 N–H and O–H groups in total. The SMILES string of the molecule is C=C/C=C(\C)C(=O)Nc1ccc(C(C)(C)O)cc1. The number of carbonyl (C=O) groups excluding carboxylic acids is 1. The van der Waals surface area contributed by atoms with Gasteiger partial charge in [-0.05, 0) is 38.5 Å². The monoisotopic (exact) mass is 245 g/mol. The number of allylic oxidation sites excluding steroid dienone is 2. The van der Waals surface area contributed by atoms with Crippen molar-refractivity contribution in [1.29, 1.82) is 0 Å². The molecule has 1 aromatic rings. The van der Waals surface area contributed by atoms with Crippen molar-refractivity contribution in [3.05, 3.63) is 54.1 Å². The molecule has 0 saturated carbocycles. The summed E-state index contributed by atoms with van der Waals surface area (Å²) >= 11 is 0. The largest absolute Gasteiger partial charge is 0.386 e. The molecule has 18 heavy (non-hydrogen) atoms. The minimum Gasteiger partial charge on any atom is -0.386 e. The molecule has 0 aliphatic rings. The summed E-state index contributed by atoms with van der Waals surface area (Å²) in [4.78, 5) is 11.7. The number of hydrogen-bond donors (Lipinski definition) is 2. The van der Waals surface area contributed by atoms with Gasteiger partial charge in [0.2, 0.25) is 0 Å². The summed E-state index contributed by atoms with van der Waals surface area (Å²) in [5.74, 6) is -0.161. The predicted molar refractivity (Wildman–Crippen MR) is 74.3 cm³/mol. The molecule has 3 heteroatoms. The zero-order chi connectivity index (χ0) is 13.8. The lowest BCUT2D eigenvalue weighted by Crippen LogP contribution is -2.16. The Morgan fingerprint density at radius 3 is 2.33 bits per heavy atom. The summed E-state index contributed by atoms with van der Waals surface area (Å²) < 4.78 is 0. The third kappa shape index (κ3) is 3.86. The fourth-order valence-electron chi connectivity index (χ4n) is 1.44. The average Bonchev–Trinajstić information content (AvgIpc) is 2.28. The highest BCUT2D eigenvalue weighted by molar-refractivity contribution is 6.03. The van der Waals surface area contributed by atoms with Crippen molar-refractivity contribution in [3.8, 4) is 0 Å². The van der Waals surface area contributed by atoms with Crippen LogP contribution in [-0.4, -0.2) is 11.0 Å². The molecule has 0 atom stereocenters. The van der Waals surface area contributed by atoms with Crippen molar-refractivity contribution >= 4 is 11.6 Å². The van der Waals surface area contributed by atoms with Gasteiger partial charge in [-0.3, -0.25) is 4.79 Å². The van der Waals surface area contributed by atoms with E-state index in [1.165, 1.54) is 0 Å². The minimum atomic E-state index is -0.874. The van der Waals surface area contributed by atoms with Crippen molar-refractivity contribution in [2.75, 3.05) is 5.32 Å². The van der Waals surface area contributed by atoms with Gasteiger partial charge in [0.05, 0.1) is 5.60 Å². The van der Waals surface area contributed by atoms with Crippen molar-refractivity contribution in [3.63, 3.8) is 0 Å². The van der Waals surface area contributed by atoms with Crippen LogP contribution in [0.2, 0.25) is 0 Å². The van der Waals surface area contributed by atoms with E-state index in [9.17, 15) is 9.90 Å². The normalized spacial score (nSPS) is 12.1. The first-order chi connectivity index (χ1) is 8.34. The first kappa shape index (κ1) is 14.2. The van der Waals surface area contributed by atoms with Crippen LogP contribution in [0.1, 0.15) is 26.3 Å². The van der Waals surface area contributed by atoms with Crippen LogP contribution in [0.25, 0.3) is 0 Å². The standard InChI is InChI=1S/C15H19NO2/c1-5-6-11(2)14(17)16-13-9-7-12(8-10-13)15(3,4)18/h5-10,18H,1H2,2-4H3,(H,16,17)/b11-6+. The molecule has 1 aromatic carbocycles. The number of carbonyl (C=O) groups is 1. The molecule has 0 aromatic heterocycles. The second kappa shape index (κ2) is 5.65. The quantitative estimate of drug-likeness (QED) is 0.633. The van der Waals surface area contributed by atoms with Crippen LogP contribution in [0, 0.1) is 0 Å². The van der Waals surface area contributed by atoms with Crippen molar-refractivity contribution < 1.29 is 9.90 Å². The van der Waals surface area contributed by atoms with Crippen LogP contribution in [0.4, 0.5) is 5.69 Å². The summed E-state index contributed by atoms with van der Waals surface area (Å²) in [6.45, 7) is 8.71. The Morgan fingerprint density at radius 1 is 1.33 bits per heavy atom. The number of rotatable bonds is 4. The Bertz CT molecular complexity index is 464. The van der Waals surface area contributed by atoms with E-state index in [-0.39, 0.29) is 5.91 Å². The van der Waals surface area contributed by atoms with E-state index in [2.05, 4.69) is 11.9 Å². The molecule has 0 radical (unpaired) electrons. The molecule has 0 fully saturated rings. The van der Waals surface area contributed by atoms with E-state index in [1.54, 1.807) is 57.2 Å². The van der Waals surface area contributed by atoms with E-state index in [1.807, 2.05) is 0 Å². The predicted octanol–water partition coefficient (Wildman–Crippen LogP) is 2.98. The third-order valence-corrected chi connectivity index (χ3v) is 2.58. The van der Waals surface area contributed by atoms with Crippen LogP contribution >= 0.6 is 0 Å². The lowest BCUT2D eigenvalue weighted by Gasteiger charge is -2.18. The van der Waals surface area contributed by atoms with Gasteiger partial charge in [-0.1, -0.05) is 30.9 Å². The zero-order valence-electron chi connectivity index (χ0n) is 11.0. The molecule has 96 valence electrons. The third-order valence-electron chi connectivity index (χ3n) is 2.58. The average molecular weight is 245 g/mol. The van der Waals surface area contributed by atoms with Crippen LogP contribution < -0.4 is 5.32 Å². The fourth-order valence-corrected chi connectivity index (χ4v) is 1.44. The minimum absolute atomic E-state index is 0.161. The Kier molecular flexibility index (Phi) is 4.45.